The van der Waals surface area contributed by atoms with Gasteiger partial charge in [0.05, 0.1) is 0 Å². The number of carbonyl (C=O) groups is 1. The third-order valence-corrected chi connectivity index (χ3v) is 2.49. The van der Waals surface area contributed by atoms with Crippen LogP contribution in [-0.4, -0.2) is 34.9 Å². The average molecular weight is 209 g/mol. The smallest absolute Gasteiger partial charge is 0.404 e. The summed E-state index contributed by atoms with van der Waals surface area (Å²) in [6.45, 7) is -0.416. The summed E-state index contributed by atoms with van der Waals surface area (Å²) in [6.07, 6.45) is -1.94. The van der Waals surface area contributed by atoms with E-state index in [1.54, 1.807) is 0 Å². The first kappa shape index (κ1) is 11.2. The van der Waals surface area contributed by atoms with Crippen molar-refractivity contribution < 1.29 is 23.8 Å². The zero-order valence-electron chi connectivity index (χ0n) is 7.54. The number of alkyl halides is 2. The molecule has 0 bridgehead atoms. The molecular weight excluding hydrogens is 196 g/mol. The lowest BCUT2D eigenvalue weighted by Crippen LogP contribution is -2.47. The van der Waals surface area contributed by atoms with Gasteiger partial charge in [-0.05, 0) is 6.42 Å². The topological polar surface area (TPSA) is 69.6 Å². The number of nitrogens with one attached hydrogen (secondary N) is 1. The van der Waals surface area contributed by atoms with Crippen molar-refractivity contribution in [1.82, 2.24) is 5.32 Å². The van der Waals surface area contributed by atoms with Gasteiger partial charge in [-0.25, -0.2) is 13.6 Å². The molecule has 6 heteroatoms. The fourth-order valence-corrected chi connectivity index (χ4v) is 1.77. The van der Waals surface area contributed by atoms with E-state index in [1.807, 2.05) is 0 Å². The lowest BCUT2D eigenvalue weighted by molar-refractivity contribution is -0.0695. The Labute approximate surface area is 79.9 Å². The van der Waals surface area contributed by atoms with Crippen molar-refractivity contribution in [3.63, 3.8) is 0 Å². The molecule has 1 fully saturated rings. The van der Waals surface area contributed by atoms with Crippen molar-refractivity contribution in [3.8, 4) is 0 Å². The Bertz CT molecular complexity index is 223. The van der Waals surface area contributed by atoms with Crippen LogP contribution < -0.4 is 5.32 Å². The lowest BCUT2D eigenvalue weighted by Gasteiger charge is -2.34. The van der Waals surface area contributed by atoms with Crippen LogP contribution in [0.25, 0.3) is 0 Å². The molecule has 0 heterocycles. The molecule has 0 aromatic rings. The van der Waals surface area contributed by atoms with Crippen molar-refractivity contribution in [2.24, 2.45) is 5.92 Å². The van der Waals surface area contributed by atoms with E-state index < -0.39 is 37.0 Å². The Hall–Kier alpha value is -0.910. The second kappa shape index (κ2) is 4.08. The number of hydrogen-bond acceptors (Lipinski definition) is 2. The quantitative estimate of drug-likeness (QED) is 0.636. The molecule has 0 radical (unpaired) electrons. The van der Waals surface area contributed by atoms with Gasteiger partial charge in [0.25, 0.3) is 0 Å². The third-order valence-electron chi connectivity index (χ3n) is 2.49. The van der Waals surface area contributed by atoms with Gasteiger partial charge in [0.1, 0.15) is 0 Å². The van der Waals surface area contributed by atoms with E-state index in [0.717, 1.165) is 0 Å². The standard InChI is InChI=1S/C8H13F2NO3/c9-8(10)2-1-6(11-7(13)14)5(3-8)4-12/h5-6,11-12H,1-4H2,(H,13,14). The molecule has 4 nitrogen and oxygen atoms in total. The van der Waals surface area contributed by atoms with E-state index in [4.69, 9.17) is 10.2 Å². The molecule has 1 aliphatic carbocycles. The summed E-state index contributed by atoms with van der Waals surface area (Å²) >= 11 is 0. The molecule has 14 heavy (non-hydrogen) atoms. The van der Waals surface area contributed by atoms with E-state index in [-0.39, 0.29) is 12.8 Å². The molecule has 2 atom stereocenters. The Morgan fingerprint density at radius 2 is 2.21 bits per heavy atom. The number of halogens is 2. The third kappa shape index (κ3) is 2.80. The second-order valence-electron chi connectivity index (χ2n) is 3.60. The summed E-state index contributed by atoms with van der Waals surface area (Å²) < 4.78 is 25.7. The van der Waals surface area contributed by atoms with Crippen molar-refractivity contribution >= 4 is 6.09 Å². The number of aliphatic hydroxyl groups is 1. The number of carboxylic acid groups (broad SMARTS) is 1. The molecule has 1 amide bonds. The van der Waals surface area contributed by atoms with E-state index in [0.29, 0.717) is 0 Å². The number of hydrogen-bond donors (Lipinski definition) is 3. The molecular formula is C8H13F2NO3. The molecule has 0 aromatic carbocycles. The van der Waals surface area contributed by atoms with Gasteiger partial charge in [0, 0.05) is 31.4 Å². The summed E-state index contributed by atoms with van der Waals surface area (Å²) in [5, 5.41) is 19.4. The highest BCUT2D eigenvalue weighted by Crippen LogP contribution is 2.36. The summed E-state index contributed by atoms with van der Waals surface area (Å²) in [6, 6.07) is -0.558. The molecule has 82 valence electrons. The highest BCUT2D eigenvalue weighted by atomic mass is 19.3. The van der Waals surface area contributed by atoms with Gasteiger partial charge in [-0.3, -0.25) is 0 Å². The molecule has 3 N–H and O–H groups in total. The van der Waals surface area contributed by atoms with Crippen LogP contribution in [0.4, 0.5) is 13.6 Å². The lowest BCUT2D eigenvalue weighted by atomic mass is 9.83. The molecule has 2 unspecified atom stereocenters. The molecule has 0 aliphatic heterocycles. The molecule has 1 aliphatic rings. The summed E-state index contributed by atoms with van der Waals surface area (Å²) in [5.74, 6) is -3.46. The zero-order valence-corrected chi connectivity index (χ0v) is 7.54. The normalized spacial score (nSPS) is 31.1. The van der Waals surface area contributed by atoms with E-state index in [2.05, 4.69) is 5.32 Å². The van der Waals surface area contributed by atoms with E-state index >= 15 is 0 Å². The highest BCUT2D eigenvalue weighted by Gasteiger charge is 2.41. The van der Waals surface area contributed by atoms with Crippen LogP contribution in [0.3, 0.4) is 0 Å². The average Bonchev–Trinajstić information content (AvgIpc) is 2.07. The van der Waals surface area contributed by atoms with Crippen LogP contribution in [0.1, 0.15) is 19.3 Å². The zero-order chi connectivity index (χ0) is 10.8. The van der Waals surface area contributed by atoms with Crippen LogP contribution in [0.5, 0.6) is 0 Å². The van der Waals surface area contributed by atoms with Crippen molar-refractivity contribution in [2.75, 3.05) is 6.61 Å². The predicted octanol–water partition coefficient (Wildman–Crippen LogP) is 1.05. The minimum atomic E-state index is -2.77. The molecule has 0 saturated heterocycles. The Morgan fingerprint density at radius 1 is 1.57 bits per heavy atom. The van der Waals surface area contributed by atoms with Gasteiger partial charge in [0.15, 0.2) is 0 Å². The number of rotatable bonds is 2. The Morgan fingerprint density at radius 3 is 2.71 bits per heavy atom. The first-order valence-corrected chi connectivity index (χ1v) is 4.43. The second-order valence-corrected chi connectivity index (χ2v) is 3.60. The SMILES string of the molecule is O=C(O)NC1CCC(F)(F)CC1CO. The summed E-state index contributed by atoms with van der Waals surface area (Å²) in [7, 11) is 0. The number of amides is 1. The fourth-order valence-electron chi connectivity index (χ4n) is 1.77. The van der Waals surface area contributed by atoms with Crippen molar-refractivity contribution in [3.05, 3.63) is 0 Å². The van der Waals surface area contributed by atoms with Crippen molar-refractivity contribution in [1.29, 1.82) is 0 Å². The van der Waals surface area contributed by atoms with E-state index in [9.17, 15) is 13.6 Å². The van der Waals surface area contributed by atoms with Gasteiger partial charge in [-0.2, -0.15) is 0 Å². The van der Waals surface area contributed by atoms with Crippen LogP contribution in [0.15, 0.2) is 0 Å². The minimum Gasteiger partial charge on any atom is -0.465 e. The summed E-state index contributed by atoms with van der Waals surface area (Å²) in [4.78, 5) is 10.3. The maximum Gasteiger partial charge on any atom is 0.404 e. The predicted molar refractivity (Wildman–Crippen MR) is 44.3 cm³/mol. The van der Waals surface area contributed by atoms with Gasteiger partial charge >= 0.3 is 6.09 Å². The van der Waals surface area contributed by atoms with Gasteiger partial charge in [-0.15, -0.1) is 0 Å². The maximum absolute atomic E-state index is 12.9. The Kier molecular flexibility index (Phi) is 3.25. The summed E-state index contributed by atoms with van der Waals surface area (Å²) in [5.41, 5.74) is 0. The molecule has 1 rings (SSSR count). The molecule has 0 spiro atoms. The molecule has 1 saturated carbocycles. The van der Waals surface area contributed by atoms with Crippen LogP contribution in [-0.2, 0) is 0 Å². The Balaban J connectivity index is 2.57. The van der Waals surface area contributed by atoms with Gasteiger partial charge < -0.3 is 15.5 Å². The van der Waals surface area contributed by atoms with Crippen LogP contribution >= 0.6 is 0 Å². The van der Waals surface area contributed by atoms with Gasteiger partial charge in [0.2, 0.25) is 5.92 Å². The molecule has 0 aromatic heterocycles. The number of aliphatic hydroxyl groups excluding tert-OH is 1. The minimum absolute atomic E-state index is 0.0739. The maximum atomic E-state index is 12.9. The fraction of sp³-hybridized carbons (Fsp3) is 0.875. The first-order chi connectivity index (χ1) is 6.44. The van der Waals surface area contributed by atoms with E-state index in [1.165, 1.54) is 0 Å². The van der Waals surface area contributed by atoms with Crippen molar-refractivity contribution in [2.45, 2.75) is 31.2 Å². The van der Waals surface area contributed by atoms with Gasteiger partial charge in [-0.1, -0.05) is 0 Å². The monoisotopic (exact) mass is 209 g/mol. The highest BCUT2D eigenvalue weighted by molar-refractivity contribution is 5.64. The first-order valence-electron chi connectivity index (χ1n) is 4.43. The largest absolute Gasteiger partial charge is 0.465 e. The van der Waals surface area contributed by atoms with Crippen LogP contribution in [0.2, 0.25) is 0 Å². The van der Waals surface area contributed by atoms with Crippen LogP contribution in [0, 0.1) is 5.92 Å².